The van der Waals surface area contributed by atoms with Crippen LogP contribution in [0.2, 0.25) is 5.28 Å². The summed E-state index contributed by atoms with van der Waals surface area (Å²) in [4.78, 5) is 15.0. The van der Waals surface area contributed by atoms with Crippen molar-refractivity contribution in [3.63, 3.8) is 0 Å². The maximum absolute atomic E-state index is 5.92. The average molecular weight is 241 g/mol. The third kappa shape index (κ3) is 2.61. The highest BCUT2D eigenvalue weighted by atomic mass is 35.5. The van der Waals surface area contributed by atoms with Crippen LogP contribution < -0.4 is 4.90 Å². The molecule has 0 saturated carbocycles. The Morgan fingerprint density at radius 2 is 1.75 bits per heavy atom. The summed E-state index contributed by atoms with van der Waals surface area (Å²) in [6.07, 6.45) is 3.72. The third-order valence-corrected chi connectivity index (χ3v) is 2.94. The van der Waals surface area contributed by atoms with Crippen LogP contribution in [-0.4, -0.2) is 28.0 Å². The molecule has 2 rings (SSSR count). The number of nitrogens with zero attached hydrogens (tertiary/aromatic N) is 4. The van der Waals surface area contributed by atoms with Crippen molar-refractivity contribution in [2.45, 2.75) is 39.0 Å². The van der Waals surface area contributed by atoms with Gasteiger partial charge in [0, 0.05) is 19.0 Å². The first kappa shape index (κ1) is 11.6. The molecule has 0 spiro atoms. The fourth-order valence-corrected chi connectivity index (χ4v) is 2.01. The van der Waals surface area contributed by atoms with E-state index in [0.717, 1.165) is 24.9 Å². The van der Waals surface area contributed by atoms with Crippen LogP contribution in [0.1, 0.15) is 44.9 Å². The molecule has 0 aromatic carbocycles. The Morgan fingerprint density at radius 3 is 2.38 bits per heavy atom. The zero-order chi connectivity index (χ0) is 11.5. The van der Waals surface area contributed by atoms with E-state index >= 15 is 0 Å². The summed E-state index contributed by atoms with van der Waals surface area (Å²) >= 11 is 5.92. The Hall–Kier alpha value is -0.900. The van der Waals surface area contributed by atoms with E-state index in [-0.39, 0.29) is 5.92 Å². The predicted octanol–water partition coefficient (Wildman–Crippen LogP) is 2.64. The second-order valence-electron chi connectivity index (χ2n) is 4.47. The molecule has 0 radical (unpaired) electrons. The number of hydrogen-bond acceptors (Lipinski definition) is 4. The topological polar surface area (TPSA) is 41.9 Å². The molecule has 2 heterocycles. The Balaban J connectivity index is 2.25. The van der Waals surface area contributed by atoms with Crippen molar-refractivity contribution in [2.24, 2.45) is 0 Å². The molecule has 0 N–H and O–H groups in total. The lowest BCUT2D eigenvalue weighted by Gasteiger charge is -2.26. The minimum atomic E-state index is 0.282. The smallest absolute Gasteiger partial charge is 0.229 e. The lowest BCUT2D eigenvalue weighted by molar-refractivity contribution is 0.564. The van der Waals surface area contributed by atoms with Crippen LogP contribution >= 0.6 is 11.6 Å². The zero-order valence-corrected chi connectivity index (χ0v) is 10.5. The number of hydrogen-bond donors (Lipinski definition) is 0. The van der Waals surface area contributed by atoms with Gasteiger partial charge in [0.2, 0.25) is 11.2 Å². The summed E-state index contributed by atoms with van der Waals surface area (Å²) in [5.74, 6) is 1.80. The van der Waals surface area contributed by atoms with Gasteiger partial charge in [-0.2, -0.15) is 9.97 Å². The van der Waals surface area contributed by atoms with Crippen molar-refractivity contribution in [3.05, 3.63) is 11.1 Å². The van der Waals surface area contributed by atoms with Gasteiger partial charge in [0.15, 0.2) is 0 Å². The van der Waals surface area contributed by atoms with Crippen molar-refractivity contribution >= 4 is 17.5 Å². The molecular weight excluding hydrogens is 224 g/mol. The largest absolute Gasteiger partial charge is 0.341 e. The molecule has 0 bridgehead atoms. The standard InChI is InChI=1S/C11H17ClN4/c1-8(2)9-13-10(12)15-11(14-9)16-6-4-3-5-7-16/h8H,3-7H2,1-2H3. The minimum Gasteiger partial charge on any atom is -0.341 e. The van der Waals surface area contributed by atoms with E-state index in [1.165, 1.54) is 19.3 Å². The van der Waals surface area contributed by atoms with Gasteiger partial charge in [-0.25, -0.2) is 4.98 Å². The SMILES string of the molecule is CC(C)c1nc(Cl)nc(N2CCCCC2)n1. The van der Waals surface area contributed by atoms with Crippen molar-refractivity contribution in [1.29, 1.82) is 0 Å². The number of anilines is 1. The molecule has 0 unspecified atom stereocenters. The van der Waals surface area contributed by atoms with Crippen LogP contribution in [0.5, 0.6) is 0 Å². The summed E-state index contributed by atoms with van der Waals surface area (Å²) < 4.78 is 0. The van der Waals surface area contributed by atoms with E-state index in [4.69, 9.17) is 11.6 Å². The summed E-state index contributed by atoms with van der Waals surface area (Å²) in [5.41, 5.74) is 0. The number of aromatic nitrogens is 3. The summed E-state index contributed by atoms with van der Waals surface area (Å²) in [7, 11) is 0. The number of piperidine rings is 1. The van der Waals surface area contributed by atoms with Gasteiger partial charge in [0.05, 0.1) is 0 Å². The molecule has 4 nitrogen and oxygen atoms in total. The van der Waals surface area contributed by atoms with E-state index in [0.29, 0.717) is 5.28 Å². The summed E-state index contributed by atoms with van der Waals surface area (Å²) in [6, 6.07) is 0. The first-order valence-corrected chi connectivity index (χ1v) is 6.21. The van der Waals surface area contributed by atoms with Gasteiger partial charge in [-0.1, -0.05) is 13.8 Å². The molecule has 1 aliphatic heterocycles. The quantitative estimate of drug-likeness (QED) is 0.797. The van der Waals surface area contributed by atoms with Crippen LogP contribution in [0.4, 0.5) is 5.95 Å². The number of halogens is 1. The Labute approximate surface area is 101 Å². The van der Waals surface area contributed by atoms with Gasteiger partial charge in [-0.05, 0) is 30.9 Å². The highest BCUT2D eigenvalue weighted by Crippen LogP contribution is 2.19. The molecule has 5 heteroatoms. The van der Waals surface area contributed by atoms with Crippen LogP contribution in [0.3, 0.4) is 0 Å². The molecule has 0 aliphatic carbocycles. The molecule has 1 saturated heterocycles. The second-order valence-corrected chi connectivity index (χ2v) is 4.80. The molecule has 1 aliphatic rings. The molecule has 16 heavy (non-hydrogen) atoms. The normalized spacial score (nSPS) is 16.9. The van der Waals surface area contributed by atoms with Crippen molar-refractivity contribution in [1.82, 2.24) is 15.0 Å². The highest BCUT2D eigenvalue weighted by Gasteiger charge is 2.16. The Morgan fingerprint density at radius 1 is 1.06 bits per heavy atom. The molecular formula is C11H17ClN4. The van der Waals surface area contributed by atoms with Crippen LogP contribution in [0.15, 0.2) is 0 Å². The molecule has 1 aromatic rings. The van der Waals surface area contributed by atoms with E-state index < -0.39 is 0 Å². The number of rotatable bonds is 2. The van der Waals surface area contributed by atoms with Gasteiger partial charge in [0.1, 0.15) is 5.82 Å². The van der Waals surface area contributed by atoms with Gasteiger partial charge in [0.25, 0.3) is 0 Å². The second kappa shape index (κ2) is 4.95. The highest BCUT2D eigenvalue weighted by molar-refractivity contribution is 6.28. The minimum absolute atomic E-state index is 0.282. The van der Waals surface area contributed by atoms with Crippen LogP contribution in [-0.2, 0) is 0 Å². The third-order valence-electron chi connectivity index (χ3n) is 2.77. The zero-order valence-electron chi connectivity index (χ0n) is 9.78. The van der Waals surface area contributed by atoms with E-state index in [9.17, 15) is 0 Å². The van der Waals surface area contributed by atoms with Crippen molar-refractivity contribution in [2.75, 3.05) is 18.0 Å². The van der Waals surface area contributed by atoms with Gasteiger partial charge < -0.3 is 4.90 Å². The maximum Gasteiger partial charge on any atom is 0.229 e. The van der Waals surface area contributed by atoms with E-state index in [1.54, 1.807) is 0 Å². The lowest BCUT2D eigenvalue weighted by Crippen LogP contribution is -2.31. The fraction of sp³-hybridized carbons (Fsp3) is 0.727. The van der Waals surface area contributed by atoms with Gasteiger partial charge in [-0.15, -0.1) is 0 Å². The van der Waals surface area contributed by atoms with Crippen molar-refractivity contribution in [3.8, 4) is 0 Å². The van der Waals surface area contributed by atoms with E-state index in [1.807, 2.05) is 0 Å². The molecule has 88 valence electrons. The maximum atomic E-state index is 5.92. The fourth-order valence-electron chi connectivity index (χ4n) is 1.85. The van der Waals surface area contributed by atoms with Crippen LogP contribution in [0, 0.1) is 0 Å². The predicted molar refractivity (Wildman–Crippen MR) is 65.0 cm³/mol. The monoisotopic (exact) mass is 240 g/mol. The molecule has 1 aromatic heterocycles. The first-order chi connectivity index (χ1) is 7.66. The summed E-state index contributed by atoms with van der Waals surface area (Å²) in [6.45, 7) is 6.17. The Bertz CT molecular complexity index is 361. The van der Waals surface area contributed by atoms with Crippen molar-refractivity contribution < 1.29 is 0 Å². The molecule has 1 fully saturated rings. The lowest BCUT2D eigenvalue weighted by atomic mass is 10.1. The van der Waals surface area contributed by atoms with E-state index in [2.05, 4.69) is 33.7 Å². The molecule has 0 atom stereocenters. The summed E-state index contributed by atoms with van der Waals surface area (Å²) in [5, 5.41) is 0.305. The first-order valence-electron chi connectivity index (χ1n) is 5.83. The van der Waals surface area contributed by atoms with Crippen LogP contribution in [0.25, 0.3) is 0 Å². The Kier molecular flexibility index (Phi) is 3.59. The average Bonchev–Trinajstić information content (AvgIpc) is 2.29. The van der Waals surface area contributed by atoms with Gasteiger partial charge >= 0.3 is 0 Å². The van der Waals surface area contributed by atoms with Gasteiger partial charge in [-0.3, -0.25) is 0 Å². The molecule has 0 amide bonds.